The van der Waals surface area contributed by atoms with Crippen LogP contribution in [-0.2, 0) is 0 Å². The molecule has 0 saturated carbocycles. The molecule has 0 aliphatic carbocycles. The molecule has 1 aromatic rings. The van der Waals surface area contributed by atoms with Gasteiger partial charge in [-0.25, -0.2) is 0 Å². The van der Waals surface area contributed by atoms with Gasteiger partial charge in [-0.15, -0.1) is 0 Å². The van der Waals surface area contributed by atoms with Crippen LogP contribution in [0.25, 0.3) is 0 Å². The van der Waals surface area contributed by atoms with Crippen molar-refractivity contribution in [3.05, 3.63) is 10.9 Å². The van der Waals surface area contributed by atoms with E-state index in [2.05, 4.69) is 16.3 Å². The topological polar surface area (TPSA) is 25.2 Å². The number of rotatable bonds is 4. The maximum atomic E-state index is 4.37. The van der Waals surface area contributed by atoms with Crippen molar-refractivity contribution < 1.29 is 0 Å². The zero-order valence-electron chi connectivity index (χ0n) is 6.62. The first-order chi connectivity index (χ1) is 5.43. The second-order valence-corrected chi connectivity index (χ2v) is 4.21. The molecule has 2 nitrogen and oxygen atoms in total. The van der Waals surface area contributed by atoms with Crippen molar-refractivity contribution in [1.29, 1.82) is 0 Å². The molecule has 62 valence electrons. The number of hydrogen-bond acceptors (Lipinski definition) is 4. The first-order valence-electron chi connectivity index (χ1n) is 3.85. The maximum Gasteiger partial charge on any atom is 0.141 e. The Morgan fingerprint density at radius 1 is 1.55 bits per heavy atom. The van der Waals surface area contributed by atoms with E-state index in [1.54, 1.807) is 10.3 Å². The molecule has 0 amide bonds. The Kier molecular flexibility index (Phi) is 4.38. The smallest absolute Gasteiger partial charge is 0.141 e. The van der Waals surface area contributed by atoms with Gasteiger partial charge in [-0.1, -0.05) is 19.8 Å². The lowest BCUT2D eigenvalue weighted by Gasteiger charge is -1.89. The first-order valence-corrected chi connectivity index (χ1v) is 5.95. The quantitative estimate of drug-likeness (QED) is 0.526. The normalized spacial score (nSPS) is 12.3. The minimum atomic E-state index is 0.961. The molecule has 0 saturated heterocycles. The summed E-state index contributed by atoms with van der Waals surface area (Å²) < 4.78 is 5.06. The molecule has 1 rings (SSSR count). The SMILES string of the molecule is CCCCC/N=c1\cnss1. The van der Waals surface area contributed by atoms with E-state index < -0.39 is 0 Å². The second-order valence-electron chi connectivity index (χ2n) is 2.32. The van der Waals surface area contributed by atoms with E-state index in [-0.39, 0.29) is 0 Å². The van der Waals surface area contributed by atoms with Crippen LogP contribution in [0, 0.1) is 0 Å². The van der Waals surface area contributed by atoms with Crippen LogP contribution >= 0.6 is 20.9 Å². The summed E-state index contributed by atoms with van der Waals surface area (Å²) in [5, 5.41) is 0. The molecule has 1 heterocycles. The molecule has 0 N–H and O–H groups in total. The van der Waals surface area contributed by atoms with E-state index >= 15 is 0 Å². The molecule has 0 atom stereocenters. The number of nitrogens with zero attached hydrogens (tertiary/aromatic N) is 2. The predicted molar refractivity (Wildman–Crippen MR) is 49.9 cm³/mol. The summed E-state index contributed by atoms with van der Waals surface area (Å²) >= 11 is 0. The summed E-state index contributed by atoms with van der Waals surface area (Å²) in [7, 11) is 3.15. The first kappa shape index (κ1) is 8.87. The van der Waals surface area contributed by atoms with Gasteiger partial charge in [0.1, 0.15) is 4.67 Å². The number of unbranched alkanes of at least 4 members (excludes halogenated alkanes) is 2. The zero-order chi connectivity index (χ0) is 7.94. The highest BCUT2D eigenvalue weighted by atomic mass is 32.9. The monoisotopic (exact) mass is 188 g/mol. The van der Waals surface area contributed by atoms with E-state index in [4.69, 9.17) is 0 Å². The summed E-state index contributed by atoms with van der Waals surface area (Å²) in [6.45, 7) is 3.16. The lowest BCUT2D eigenvalue weighted by molar-refractivity contribution is 0.722. The fourth-order valence-corrected chi connectivity index (χ4v) is 2.11. The molecule has 11 heavy (non-hydrogen) atoms. The van der Waals surface area contributed by atoms with Crippen LogP contribution in [0.2, 0.25) is 0 Å². The number of aromatic nitrogens is 1. The third kappa shape index (κ3) is 3.62. The van der Waals surface area contributed by atoms with E-state index in [1.165, 1.54) is 29.8 Å². The van der Waals surface area contributed by atoms with Crippen molar-refractivity contribution in [2.45, 2.75) is 26.2 Å². The van der Waals surface area contributed by atoms with Crippen molar-refractivity contribution in [2.75, 3.05) is 6.54 Å². The van der Waals surface area contributed by atoms with Gasteiger partial charge in [-0.05, 0) is 16.8 Å². The van der Waals surface area contributed by atoms with Crippen LogP contribution in [-0.4, -0.2) is 10.9 Å². The van der Waals surface area contributed by atoms with Crippen molar-refractivity contribution in [3.63, 3.8) is 0 Å². The predicted octanol–water partition coefficient (Wildman–Crippen LogP) is 2.30. The molecule has 0 spiro atoms. The highest BCUT2D eigenvalue weighted by Gasteiger charge is 1.84. The van der Waals surface area contributed by atoms with Crippen LogP contribution in [0.1, 0.15) is 26.2 Å². The summed E-state index contributed by atoms with van der Waals surface area (Å²) in [5.41, 5.74) is 0. The van der Waals surface area contributed by atoms with Gasteiger partial charge in [-0.3, -0.25) is 4.99 Å². The van der Waals surface area contributed by atoms with Crippen molar-refractivity contribution in [1.82, 2.24) is 4.37 Å². The van der Waals surface area contributed by atoms with E-state index in [0.29, 0.717) is 0 Å². The van der Waals surface area contributed by atoms with Gasteiger partial charge >= 0.3 is 0 Å². The van der Waals surface area contributed by atoms with Crippen LogP contribution < -0.4 is 4.67 Å². The van der Waals surface area contributed by atoms with E-state index in [9.17, 15) is 0 Å². The van der Waals surface area contributed by atoms with Gasteiger partial charge < -0.3 is 0 Å². The maximum absolute atomic E-state index is 4.37. The molecule has 0 aliphatic heterocycles. The van der Waals surface area contributed by atoms with Gasteiger partial charge in [0.2, 0.25) is 0 Å². The fourth-order valence-electron chi connectivity index (χ4n) is 0.766. The van der Waals surface area contributed by atoms with Crippen molar-refractivity contribution in [3.8, 4) is 0 Å². The Bertz CT molecular complexity index is 222. The lowest BCUT2D eigenvalue weighted by Crippen LogP contribution is -1.93. The molecule has 0 aliphatic rings. The highest BCUT2D eigenvalue weighted by Crippen LogP contribution is 1.95. The molecule has 0 aromatic carbocycles. The molecule has 1 aromatic heterocycles. The Labute approximate surface area is 74.2 Å². The molecule has 0 radical (unpaired) electrons. The summed E-state index contributed by atoms with van der Waals surface area (Å²) in [6, 6.07) is 0. The summed E-state index contributed by atoms with van der Waals surface area (Å²) in [5.74, 6) is 0. The summed E-state index contributed by atoms with van der Waals surface area (Å²) in [6.07, 6.45) is 5.59. The third-order valence-electron chi connectivity index (χ3n) is 1.36. The highest BCUT2D eigenvalue weighted by molar-refractivity contribution is 7.65. The molecule has 0 bridgehead atoms. The third-order valence-corrected chi connectivity index (χ3v) is 3.02. The average Bonchev–Trinajstić information content (AvgIpc) is 2.50. The largest absolute Gasteiger partial charge is 0.272 e. The minimum absolute atomic E-state index is 0.961. The molecule has 0 fully saturated rings. The molecule has 4 heteroatoms. The van der Waals surface area contributed by atoms with Crippen molar-refractivity contribution in [2.24, 2.45) is 4.99 Å². The Balaban J connectivity index is 2.26. The van der Waals surface area contributed by atoms with Crippen molar-refractivity contribution >= 4 is 20.9 Å². The zero-order valence-corrected chi connectivity index (χ0v) is 8.25. The van der Waals surface area contributed by atoms with E-state index in [0.717, 1.165) is 11.2 Å². The lowest BCUT2D eigenvalue weighted by atomic mass is 10.2. The minimum Gasteiger partial charge on any atom is -0.272 e. The average molecular weight is 188 g/mol. The van der Waals surface area contributed by atoms with Gasteiger partial charge in [0.15, 0.2) is 0 Å². The number of hydrogen-bond donors (Lipinski definition) is 0. The van der Waals surface area contributed by atoms with Gasteiger partial charge in [0.05, 0.1) is 6.20 Å². The van der Waals surface area contributed by atoms with Crippen LogP contribution in [0.3, 0.4) is 0 Å². The van der Waals surface area contributed by atoms with Gasteiger partial charge in [0.25, 0.3) is 0 Å². The summed E-state index contributed by atoms with van der Waals surface area (Å²) in [4.78, 5) is 4.37. The van der Waals surface area contributed by atoms with Crippen LogP contribution in [0.15, 0.2) is 11.2 Å². The molecular formula is C7H12N2S2. The standard InChI is InChI=1S/C7H12N2S2/c1-2-3-4-5-8-7-6-9-11-10-7/h6H,2-5H2,1H3/b8-7+. The molecule has 0 unspecified atom stereocenters. The fraction of sp³-hybridized carbons (Fsp3) is 0.714. The molecular weight excluding hydrogens is 176 g/mol. The Morgan fingerprint density at radius 2 is 2.45 bits per heavy atom. The van der Waals surface area contributed by atoms with Crippen LogP contribution in [0.5, 0.6) is 0 Å². The Morgan fingerprint density at radius 3 is 3.09 bits per heavy atom. The van der Waals surface area contributed by atoms with E-state index in [1.807, 2.05) is 6.20 Å². The van der Waals surface area contributed by atoms with Gasteiger partial charge in [0, 0.05) is 17.1 Å². The Hall–Kier alpha value is -0.220. The second kappa shape index (κ2) is 5.43. The van der Waals surface area contributed by atoms with Crippen LogP contribution in [0.4, 0.5) is 0 Å². The van der Waals surface area contributed by atoms with Gasteiger partial charge in [-0.2, -0.15) is 4.37 Å².